The summed E-state index contributed by atoms with van der Waals surface area (Å²) in [6.45, 7) is 2.31. The summed E-state index contributed by atoms with van der Waals surface area (Å²) < 4.78 is 0. The number of likely N-dealkylation sites (tertiary alicyclic amines) is 1. The number of piperidine rings is 1. The summed E-state index contributed by atoms with van der Waals surface area (Å²) in [5, 5.41) is 4.29. The summed E-state index contributed by atoms with van der Waals surface area (Å²) in [7, 11) is 2.10. The molecule has 6 heteroatoms. The summed E-state index contributed by atoms with van der Waals surface area (Å²) >= 11 is 12.4. The lowest BCUT2D eigenvalue weighted by molar-refractivity contribution is -0.126. The van der Waals surface area contributed by atoms with Crippen LogP contribution in [0.15, 0.2) is 18.2 Å². The van der Waals surface area contributed by atoms with Crippen LogP contribution in [-0.2, 0) is 10.3 Å². The molecule has 0 unspecified atom stereocenters. The van der Waals surface area contributed by atoms with Crippen molar-refractivity contribution >= 4 is 34.7 Å². The van der Waals surface area contributed by atoms with Crippen LogP contribution in [0.25, 0.3) is 0 Å². The third-order valence-corrected chi connectivity index (χ3v) is 10.1. The molecule has 7 rings (SSSR count). The molecule has 4 bridgehead atoms. The minimum atomic E-state index is -0.126. The molecule has 0 radical (unpaired) electrons. The fourth-order valence-electron chi connectivity index (χ4n) is 7.98. The highest BCUT2D eigenvalue weighted by Gasteiger charge is 2.50. The number of hydrogen-bond donors (Lipinski definition) is 1. The maximum atomic E-state index is 13.0. The van der Waals surface area contributed by atoms with Crippen LogP contribution in [0, 0.1) is 23.7 Å². The SMILES string of the molecule is CN1C(=S)c2cccc(Cl)c2C12CCN(CC(=O)NC1C3CC4CC(C3)CC1C4)CC2. The van der Waals surface area contributed by atoms with Crippen molar-refractivity contribution in [2.45, 2.75) is 56.5 Å². The fraction of sp³-hybridized carbons (Fsp3) is 0.680. The van der Waals surface area contributed by atoms with Gasteiger partial charge in [0.1, 0.15) is 4.99 Å². The van der Waals surface area contributed by atoms with Crippen molar-refractivity contribution < 1.29 is 4.79 Å². The van der Waals surface area contributed by atoms with Crippen LogP contribution in [0.3, 0.4) is 0 Å². The van der Waals surface area contributed by atoms with Gasteiger partial charge in [-0.2, -0.15) is 0 Å². The molecule has 2 heterocycles. The van der Waals surface area contributed by atoms with E-state index in [-0.39, 0.29) is 11.4 Å². The van der Waals surface area contributed by atoms with Gasteiger partial charge in [0.15, 0.2) is 0 Å². The maximum Gasteiger partial charge on any atom is 0.234 e. The molecule has 1 N–H and O–H groups in total. The van der Waals surface area contributed by atoms with E-state index in [9.17, 15) is 4.79 Å². The van der Waals surface area contributed by atoms with Gasteiger partial charge in [0, 0.05) is 42.3 Å². The average molecular weight is 458 g/mol. The van der Waals surface area contributed by atoms with Crippen LogP contribution < -0.4 is 5.32 Å². The fourth-order valence-corrected chi connectivity index (χ4v) is 8.68. The maximum absolute atomic E-state index is 13.0. The van der Waals surface area contributed by atoms with E-state index in [0.717, 1.165) is 65.2 Å². The molecule has 1 spiro atoms. The Morgan fingerprint density at radius 1 is 1.13 bits per heavy atom. The van der Waals surface area contributed by atoms with E-state index in [1.165, 1.54) is 37.7 Å². The Morgan fingerprint density at radius 2 is 1.77 bits per heavy atom. The summed E-state index contributed by atoms with van der Waals surface area (Å²) in [6.07, 6.45) is 8.73. The summed E-state index contributed by atoms with van der Waals surface area (Å²) in [4.78, 5) is 18.5. The Kier molecular flexibility index (Phi) is 4.90. The predicted molar refractivity (Wildman–Crippen MR) is 127 cm³/mol. The summed E-state index contributed by atoms with van der Waals surface area (Å²) in [5.41, 5.74) is 2.18. The van der Waals surface area contributed by atoms with E-state index in [1.807, 2.05) is 12.1 Å². The van der Waals surface area contributed by atoms with Crippen molar-refractivity contribution in [1.82, 2.24) is 15.1 Å². The second-order valence-electron chi connectivity index (χ2n) is 10.9. The Labute approximate surface area is 195 Å². The number of thiocarbonyl (C=S) groups is 1. The molecule has 1 aromatic rings. The van der Waals surface area contributed by atoms with E-state index in [0.29, 0.717) is 12.6 Å². The van der Waals surface area contributed by atoms with E-state index in [4.69, 9.17) is 23.8 Å². The number of carbonyl (C=O) groups excluding carboxylic acids is 1. The predicted octanol–water partition coefficient (Wildman–Crippen LogP) is 4.19. The number of rotatable bonds is 3. The second-order valence-corrected chi connectivity index (χ2v) is 11.7. The zero-order valence-corrected chi connectivity index (χ0v) is 19.9. The molecule has 0 atom stereocenters. The standard InChI is InChI=1S/C25H32ClN3OS/c1-28-24(31)19-3-2-4-20(26)22(19)25(28)5-7-29(8-6-25)14-21(30)27-23-17-10-15-9-16(12-17)13-18(23)11-15/h2-4,15-18,23H,5-14H2,1H3,(H,27,30). The van der Waals surface area contributed by atoms with E-state index in [1.54, 1.807) is 0 Å². The molecule has 2 aliphatic heterocycles. The van der Waals surface area contributed by atoms with Gasteiger partial charge in [-0.1, -0.05) is 36.0 Å². The molecule has 1 aromatic carbocycles. The van der Waals surface area contributed by atoms with Crippen LogP contribution >= 0.6 is 23.8 Å². The van der Waals surface area contributed by atoms with Crippen LogP contribution in [0.2, 0.25) is 5.02 Å². The highest BCUT2D eigenvalue weighted by atomic mass is 35.5. The van der Waals surface area contributed by atoms with Gasteiger partial charge in [-0.3, -0.25) is 9.69 Å². The van der Waals surface area contributed by atoms with Crippen molar-refractivity contribution in [2.24, 2.45) is 23.7 Å². The van der Waals surface area contributed by atoms with E-state index in [2.05, 4.69) is 28.2 Å². The van der Waals surface area contributed by atoms with Crippen LogP contribution in [0.4, 0.5) is 0 Å². The number of amides is 1. The van der Waals surface area contributed by atoms with Gasteiger partial charge < -0.3 is 10.2 Å². The van der Waals surface area contributed by atoms with Gasteiger partial charge in [-0.05, 0) is 74.7 Å². The molecular formula is C25H32ClN3OS. The molecule has 1 saturated heterocycles. The van der Waals surface area contributed by atoms with Crippen molar-refractivity contribution in [1.29, 1.82) is 0 Å². The molecule has 166 valence electrons. The first kappa shape index (κ1) is 20.4. The number of fused-ring (bicyclic) bond motifs is 2. The molecule has 1 amide bonds. The number of nitrogens with zero attached hydrogens (tertiary/aromatic N) is 2. The number of benzene rings is 1. The highest BCUT2D eigenvalue weighted by molar-refractivity contribution is 7.80. The smallest absolute Gasteiger partial charge is 0.234 e. The van der Waals surface area contributed by atoms with Crippen LogP contribution in [0.1, 0.15) is 56.1 Å². The third-order valence-electron chi connectivity index (χ3n) is 9.26. The molecule has 4 aliphatic carbocycles. The second kappa shape index (κ2) is 7.43. The molecule has 5 fully saturated rings. The lowest BCUT2D eigenvalue weighted by atomic mass is 9.54. The first-order valence-corrected chi connectivity index (χ1v) is 12.8. The van der Waals surface area contributed by atoms with Gasteiger partial charge in [0.05, 0.1) is 12.1 Å². The molecule has 6 aliphatic rings. The van der Waals surface area contributed by atoms with Crippen molar-refractivity contribution in [3.8, 4) is 0 Å². The Balaban J connectivity index is 1.10. The minimum absolute atomic E-state index is 0.126. The average Bonchev–Trinajstić information content (AvgIpc) is 2.95. The summed E-state index contributed by atoms with van der Waals surface area (Å²) in [5.74, 6) is 3.58. The van der Waals surface area contributed by atoms with Crippen molar-refractivity contribution in [3.05, 3.63) is 34.3 Å². The van der Waals surface area contributed by atoms with Crippen molar-refractivity contribution in [3.63, 3.8) is 0 Å². The first-order valence-electron chi connectivity index (χ1n) is 12.0. The van der Waals surface area contributed by atoms with Gasteiger partial charge in [0.2, 0.25) is 5.91 Å². The van der Waals surface area contributed by atoms with Crippen LogP contribution in [-0.4, -0.2) is 53.4 Å². The summed E-state index contributed by atoms with van der Waals surface area (Å²) in [6, 6.07) is 6.50. The monoisotopic (exact) mass is 457 g/mol. The van der Waals surface area contributed by atoms with Gasteiger partial charge in [0.25, 0.3) is 0 Å². The van der Waals surface area contributed by atoms with E-state index >= 15 is 0 Å². The largest absolute Gasteiger partial charge is 0.355 e. The van der Waals surface area contributed by atoms with Crippen molar-refractivity contribution in [2.75, 3.05) is 26.7 Å². The quantitative estimate of drug-likeness (QED) is 0.690. The first-order chi connectivity index (χ1) is 14.9. The van der Waals surface area contributed by atoms with Gasteiger partial charge in [-0.15, -0.1) is 0 Å². The van der Waals surface area contributed by atoms with Gasteiger partial charge >= 0.3 is 0 Å². The number of hydrogen-bond acceptors (Lipinski definition) is 3. The number of halogens is 1. The normalized spacial score (nSPS) is 35.6. The number of carbonyl (C=O) groups is 1. The minimum Gasteiger partial charge on any atom is -0.355 e. The zero-order valence-electron chi connectivity index (χ0n) is 18.3. The Bertz CT molecular complexity index is 897. The molecule has 0 aromatic heterocycles. The van der Waals surface area contributed by atoms with Crippen LogP contribution in [0.5, 0.6) is 0 Å². The molecule has 4 nitrogen and oxygen atoms in total. The topological polar surface area (TPSA) is 35.6 Å². The van der Waals surface area contributed by atoms with Gasteiger partial charge in [-0.25, -0.2) is 0 Å². The van der Waals surface area contributed by atoms with E-state index < -0.39 is 0 Å². The lowest BCUT2D eigenvalue weighted by Crippen LogP contribution is -2.57. The Morgan fingerprint density at radius 3 is 2.42 bits per heavy atom. The lowest BCUT2D eigenvalue weighted by Gasteiger charge is -2.54. The molecular weight excluding hydrogens is 426 g/mol. The molecule has 4 saturated carbocycles. The highest BCUT2D eigenvalue weighted by Crippen LogP contribution is 2.54. The molecule has 31 heavy (non-hydrogen) atoms. The third kappa shape index (κ3) is 3.18. The Hall–Kier alpha value is -1.17. The number of nitrogens with one attached hydrogen (secondary N) is 1. The zero-order chi connectivity index (χ0) is 21.3.